The molecular weight excluding hydrogens is 668 g/mol. The molecule has 0 unspecified atom stereocenters. The average Bonchev–Trinajstić information content (AvgIpc) is 3.26. The lowest BCUT2D eigenvalue weighted by Gasteiger charge is -2.30. The molecule has 4 atom stereocenters. The Morgan fingerprint density at radius 3 is 1.50 bits per heavy atom. The van der Waals surface area contributed by atoms with Gasteiger partial charge in [0, 0.05) is 21.7 Å². The van der Waals surface area contributed by atoms with E-state index in [1.165, 1.54) is 33.2 Å². The number of hydrogen-bond acceptors (Lipinski definition) is 11. The van der Waals surface area contributed by atoms with Crippen molar-refractivity contribution >= 4 is 30.0 Å². The second-order valence-electron chi connectivity index (χ2n) is 14.1. The molecule has 1 N–H and O–H groups in total. The van der Waals surface area contributed by atoms with Crippen LogP contribution in [-0.4, -0.2) is 78.9 Å². The zero-order chi connectivity index (χ0) is 48.7. The summed E-state index contributed by atoms with van der Waals surface area (Å²) in [5, 5.41) is 2.91. The molecule has 2 aromatic carbocycles. The van der Waals surface area contributed by atoms with Crippen molar-refractivity contribution in [3.05, 3.63) is 71.8 Å². The number of rotatable bonds is 16. The third kappa shape index (κ3) is 19.2. The van der Waals surface area contributed by atoms with Crippen molar-refractivity contribution in [2.45, 2.75) is 126 Å². The van der Waals surface area contributed by atoms with Crippen LogP contribution in [0.3, 0.4) is 0 Å². The van der Waals surface area contributed by atoms with Gasteiger partial charge in [0.15, 0.2) is 12.2 Å². The summed E-state index contributed by atoms with van der Waals surface area (Å²) in [5.74, 6) is -1.82. The molecule has 0 saturated carbocycles. The van der Waals surface area contributed by atoms with Crippen molar-refractivity contribution in [3.8, 4) is 0 Å². The summed E-state index contributed by atoms with van der Waals surface area (Å²) in [6, 6.07) is 17.3. The van der Waals surface area contributed by atoms with E-state index in [0.717, 1.165) is 11.1 Å². The van der Waals surface area contributed by atoms with Crippen molar-refractivity contribution in [2.24, 2.45) is 11.8 Å². The molecule has 0 radical (unpaired) electrons. The van der Waals surface area contributed by atoms with Gasteiger partial charge in [-0.3, -0.25) is 9.69 Å². The van der Waals surface area contributed by atoms with Gasteiger partial charge in [-0.15, -0.1) is 0 Å². The largest absolute Gasteiger partial charge is 0.458 e. The summed E-state index contributed by atoms with van der Waals surface area (Å²) in [6.07, 6.45) is -1.60. The number of nitrogens with one attached hydrogen (secondary N) is 1. The van der Waals surface area contributed by atoms with Gasteiger partial charge < -0.3 is 29.0 Å². The summed E-state index contributed by atoms with van der Waals surface area (Å²) in [5.41, 5.74) is 1.04. The number of likely N-dealkylation sites (N-methyl/N-ethyl adjacent to an activating group) is 2. The van der Waals surface area contributed by atoms with Crippen LogP contribution in [-0.2, 0) is 56.1 Å². The first-order valence-corrected chi connectivity index (χ1v) is 17.3. The van der Waals surface area contributed by atoms with Gasteiger partial charge in [-0.1, -0.05) is 95.8 Å². The molecule has 2 rings (SSSR count). The van der Waals surface area contributed by atoms with E-state index < -0.39 is 59.9 Å². The smallest absolute Gasteiger partial charge is 0.410 e. The van der Waals surface area contributed by atoms with Gasteiger partial charge in [0.1, 0.15) is 30.9 Å². The van der Waals surface area contributed by atoms with E-state index in [1.807, 2.05) is 88.4 Å². The van der Waals surface area contributed by atoms with Crippen molar-refractivity contribution in [1.29, 1.82) is 0 Å². The van der Waals surface area contributed by atoms with Crippen LogP contribution in [0.25, 0.3) is 0 Å². The zero-order valence-electron chi connectivity index (χ0n) is 42.1. The number of esters is 4. The predicted octanol–water partition coefficient (Wildman–Crippen LogP) is 8.10. The van der Waals surface area contributed by atoms with Crippen LogP contribution in [0.5, 0.6) is 0 Å². The number of carbonyl (C=O) groups excluding carboxylic acids is 5. The third-order valence-corrected chi connectivity index (χ3v) is 7.15. The first-order chi connectivity index (χ1) is 28.8. The number of nitrogens with zero attached hydrogens (tertiary/aromatic N) is 1. The molecule has 0 heterocycles. The minimum Gasteiger partial charge on any atom is -0.458 e. The topological polar surface area (TPSA) is 147 Å². The van der Waals surface area contributed by atoms with E-state index in [9.17, 15) is 24.0 Å². The SMILES string of the molecule is CC(C)C[C@@H](C(=O)O[C@H](C)C(=O)OCc1ccccc1)N(C)C(=O)OC(C)(C)C.CN[C@@H](CC(C)C)C(=O)O[C@H](C)C(=O)OCc1ccccc1.[2HH].[2H]C.[2H][2H].[2H][2H].[2H][2H].[2H][2H]. The lowest BCUT2D eigenvalue weighted by molar-refractivity contribution is -0.170. The second kappa shape index (κ2) is 23.9. The van der Waals surface area contributed by atoms with E-state index in [1.54, 1.807) is 27.8 Å². The number of amides is 1. The molecule has 0 aliphatic heterocycles. The van der Waals surface area contributed by atoms with E-state index in [4.69, 9.17) is 36.9 Å². The highest BCUT2D eigenvalue weighted by Crippen LogP contribution is 2.18. The molecule has 1 amide bonds. The Balaban J connectivity index is -0.000000212. The molecule has 0 aliphatic rings. The molecule has 2 aromatic rings. The standard InChI is InChI=1S/C22H33NO6.C17H25NO4.CH4.5H2/c1-15(2)13-18(23(7)21(26)29-22(4,5)6)20(25)28-16(3)19(24)27-14-17-11-9-8-10-12-17;1-12(2)10-15(18-4)17(20)22-13(3)16(19)21-11-14-8-6-5-7-9-14;;;;;;/h8-12,15-16,18H,13-14H2,1-7H3;5-9,12-13,15,18H,10-11H2,1-4H3;1H4;5*1H/t16-,18+;13-,15+;;;;;;/m11....../s1/i;;1D;4*1+1D;1+1. The Morgan fingerprint density at radius 2 is 1.13 bits per heavy atom. The molecule has 52 heavy (non-hydrogen) atoms. The van der Waals surface area contributed by atoms with Gasteiger partial charge in [0.05, 0.1) is 0 Å². The van der Waals surface area contributed by atoms with Crippen molar-refractivity contribution in [1.82, 2.24) is 10.2 Å². The number of benzene rings is 2. The summed E-state index contributed by atoms with van der Waals surface area (Å²) >= 11 is 0. The van der Waals surface area contributed by atoms with E-state index in [-0.39, 0.29) is 20.6 Å². The first kappa shape index (κ1) is 38.8. The molecule has 0 aliphatic carbocycles. The molecule has 0 aromatic heterocycles. The maximum atomic E-state index is 12.7. The van der Waals surface area contributed by atoms with Gasteiger partial charge >= 0.3 is 30.0 Å². The Hall–Kier alpha value is -4.45. The number of carbonyl (C=O) groups is 5. The van der Waals surface area contributed by atoms with Crippen LogP contribution < -0.4 is 5.32 Å². The molecule has 0 fully saturated rings. The molecular formula is C40H72N2O10. The first-order valence-electron chi connectivity index (χ1n) is 22.3. The van der Waals surface area contributed by atoms with Gasteiger partial charge in [0.25, 0.3) is 0 Å². The minimum atomic E-state index is -1.09. The fourth-order valence-electron chi connectivity index (χ4n) is 4.42. The van der Waals surface area contributed by atoms with Crippen LogP contribution in [0, 0.1) is 11.8 Å². The highest BCUT2D eigenvalue weighted by atomic mass is 16.6. The fraction of sp³-hybridized carbons (Fsp3) is 0.575. The Bertz CT molecular complexity index is 1400. The lowest BCUT2D eigenvalue weighted by Crippen LogP contribution is -2.47. The molecule has 12 heteroatoms. The predicted molar refractivity (Wildman–Crippen MR) is 210 cm³/mol. The average molecular weight is 751 g/mol. The number of hydrogen-bond donors (Lipinski definition) is 1. The van der Waals surface area contributed by atoms with Crippen LogP contribution in [0.2, 0.25) is 0 Å². The maximum Gasteiger partial charge on any atom is 0.410 e. The van der Waals surface area contributed by atoms with Crippen LogP contribution in [0.15, 0.2) is 60.7 Å². The second-order valence-corrected chi connectivity index (χ2v) is 14.1. The Labute approximate surface area is 326 Å². The Kier molecular flexibility index (Phi) is 17.8. The highest BCUT2D eigenvalue weighted by molar-refractivity contribution is 5.84. The molecule has 12 nitrogen and oxygen atoms in total. The number of ether oxygens (including phenoxy) is 5. The van der Waals surface area contributed by atoms with Gasteiger partial charge in [0.2, 0.25) is 0 Å². The molecule has 302 valence electrons. The third-order valence-electron chi connectivity index (χ3n) is 7.15. The lowest BCUT2D eigenvalue weighted by atomic mass is 10.0. The van der Waals surface area contributed by atoms with Gasteiger partial charge in [-0.2, -0.15) is 0 Å². The molecule has 0 saturated heterocycles. The maximum absolute atomic E-state index is 12.7. The monoisotopic (exact) mass is 751 g/mol. The summed E-state index contributed by atoms with van der Waals surface area (Å²) in [4.78, 5) is 62.3. The van der Waals surface area contributed by atoms with Crippen LogP contribution in [0.4, 0.5) is 4.79 Å². The Morgan fingerprint density at radius 1 is 0.731 bits per heavy atom. The minimum absolute atomic E-state index is 0. The van der Waals surface area contributed by atoms with Crippen molar-refractivity contribution in [2.75, 3.05) is 14.1 Å². The van der Waals surface area contributed by atoms with Crippen LogP contribution in [0.1, 0.15) is 108 Å². The van der Waals surface area contributed by atoms with Crippen LogP contribution >= 0.6 is 0 Å². The summed E-state index contributed by atoms with van der Waals surface area (Å²) < 4.78 is 71.9. The quantitative estimate of drug-likeness (QED) is 0.131. The normalized spacial score (nSPS) is 13.9. The molecule has 0 spiro atoms. The molecule has 0 bridgehead atoms. The van der Waals surface area contributed by atoms with Crippen molar-refractivity contribution in [3.63, 3.8) is 0 Å². The van der Waals surface area contributed by atoms with Crippen molar-refractivity contribution < 1.29 is 62.3 Å². The van der Waals surface area contributed by atoms with Gasteiger partial charge in [-0.25, -0.2) is 19.2 Å². The van der Waals surface area contributed by atoms with Gasteiger partial charge in [-0.05, 0) is 77.5 Å². The van der Waals surface area contributed by atoms with E-state index in [0.29, 0.717) is 18.8 Å². The van der Waals surface area contributed by atoms with E-state index in [2.05, 4.69) is 5.32 Å². The fourth-order valence-corrected chi connectivity index (χ4v) is 4.42. The summed E-state index contributed by atoms with van der Waals surface area (Å²) in [7, 11) is 4.44. The zero-order valence-corrected chi connectivity index (χ0v) is 33.1. The highest BCUT2D eigenvalue weighted by Gasteiger charge is 2.34. The van der Waals surface area contributed by atoms with E-state index >= 15 is 0 Å². The summed E-state index contributed by atoms with van der Waals surface area (Å²) in [6.45, 7) is 16.4.